The van der Waals surface area contributed by atoms with Crippen molar-refractivity contribution in [3.63, 3.8) is 0 Å². The molecule has 3 heterocycles. The van der Waals surface area contributed by atoms with E-state index in [1.54, 1.807) is 12.3 Å². The first-order chi connectivity index (χ1) is 16.0. The zero-order valence-corrected chi connectivity index (χ0v) is 18.7. The van der Waals surface area contributed by atoms with Crippen LogP contribution in [0.5, 0.6) is 5.88 Å². The Balaban J connectivity index is 1.53. The Hall–Kier alpha value is -3.32. The molecule has 9 nitrogen and oxygen atoms in total. The van der Waals surface area contributed by atoms with Crippen LogP contribution in [0.25, 0.3) is 22.8 Å². The quantitative estimate of drug-likeness (QED) is 0.558. The number of rotatable bonds is 7. The molecule has 2 N–H and O–H groups in total. The number of pyridine rings is 1. The number of benzene rings is 1. The van der Waals surface area contributed by atoms with Gasteiger partial charge in [-0.15, -0.1) is 0 Å². The molecule has 0 amide bonds. The molecule has 1 aliphatic rings. The lowest BCUT2D eigenvalue weighted by atomic mass is 10.00. The van der Waals surface area contributed by atoms with E-state index in [0.29, 0.717) is 23.5 Å². The molecule has 3 aromatic rings. The molecule has 0 bridgehead atoms. The van der Waals surface area contributed by atoms with E-state index >= 15 is 0 Å². The van der Waals surface area contributed by atoms with Crippen LogP contribution in [0.1, 0.15) is 30.5 Å². The van der Waals surface area contributed by atoms with Crippen LogP contribution in [0.15, 0.2) is 35.0 Å². The van der Waals surface area contributed by atoms with E-state index in [0.717, 1.165) is 31.5 Å². The Kier molecular flexibility index (Phi) is 6.99. The van der Waals surface area contributed by atoms with Gasteiger partial charge in [-0.05, 0) is 49.9 Å². The fraction of sp³-hybridized carbons (Fsp3) is 0.417. The predicted octanol–water partition coefficient (Wildman–Crippen LogP) is 2.21. The molecule has 33 heavy (non-hydrogen) atoms. The van der Waals surface area contributed by atoms with E-state index in [2.05, 4.69) is 38.2 Å². The summed E-state index contributed by atoms with van der Waals surface area (Å²) in [4.78, 5) is 10.9. The summed E-state index contributed by atoms with van der Waals surface area (Å²) in [6, 6.07) is 9.87. The van der Waals surface area contributed by atoms with Crippen LogP contribution in [0.3, 0.4) is 0 Å². The van der Waals surface area contributed by atoms with Gasteiger partial charge >= 0.3 is 0 Å². The van der Waals surface area contributed by atoms with Gasteiger partial charge in [0.1, 0.15) is 11.6 Å². The number of aromatic nitrogens is 3. The van der Waals surface area contributed by atoms with Crippen LogP contribution in [0.4, 0.5) is 0 Å². The number of fused-ring (bicyclic) bond motifs is 1. The Morgan fingerprint density at radius 2 is 1.97 bits per heavy atom. The highest BCUT2D eigenvalue weighted by molar-refractivity contribution is 5.62. The second-order valence-electron chi connectivity index (χ2n) is 8.40. The largest absolute Gasteiger partial charge is 0.474 e. The van der Waals surface area contributed by atoms with Crippen molar-refractivity contribution in [2.75, 3.05) is 26.2 Å². The highest BCUT2D eigenvalue weighted by atomic mass is 16.5. The summed E-state index contributed by atoms with van der Waals surface area (Å²) in [5.41, 5.74) is 4.17. The van der Waals surface area contributed by atoms with Crippen LogP contribution in [0.2, 0.25) is 0 Å². The number of aliphatic hydroxyl groups is 2. The van der Waals surface area contributed by atoms with Gasteiger partial charge in [0, 0.05) is 31.4 Å². The first-order valence-electron chi connectivity index (χ1n) is 11.0. The molecule has 172 valence electrons. The van der Waals surface area contributed by atoms with Crippen LogP contribution in [-0.4, -0.2) is 68.7 Å². The zero-order chi connectivity index (χ0) is 23.4. The predicted molar refractivity (Wildman–Crippen MR) is 120 cm³/mol. The van der Waals surface area contributed by atoms with Gasteiger partial charge in [0.15, 0.2) is 0 Å². The van der Waals surface area contributed by atoms with Crippen molar-refractivity contribution in [2.24, 2.45) is 0 Å². The van der Waals surface area contributed by atoms with Gasteiger partial charge in [0.2, 0.25) is 11.7 Å². The summed E-state index contributed by atoms with van der Waals surface area (Å²) in [6.07, 6.45) is 2.45. The molecule has 0 aliphatic carbocycles. The molecule has 0 saturated heterocycles. The molecule has 2 aromatic heterocycles. The van der Waals surface area contributed by atoms with Crippen molar-refractivity contribution in [3.8, 4) is 34.8 Å². The molecule has 0 radical (unpaired) electrons. The Morgan fingerprint density at radius 1 is 1.18 bits per heavy atom. The van der Waals surface area contributed by atoms with E-state index in [1.165, 1.54) is 11.1 Å². The lowest BCUT2D eigenvalue weighted by Gasteiger charge is -2.21. The standard InChI is InChI=1S/C24H27N5O4/c1-15(2)32-23-19(11-25)10-20(12-26-23)24-27-22(28-33-24)18-4-3-16-5-7-29(13-21(31)14-30)8-6-17(16)9-18/h3-4,9-10,12,15,21,30-31H,5-8,13-14H2,1-2H3/t21-/m1/s1. The molecule has 4 rings (SSSR count). The number of ether oxygens (including phenoxy) is 1. The molecule has 0 spiro atoms. The second-order valence-corrected chi connectivity index (χ2v) is 8.40. The van der Waals surface area contributed by atoms with Crippen molar-refractivity contribution in [1.82, 2.24) is 20.0 Å². The minimum Gasteiger partial charge on any atom is -0.474 e. The van der Waals surface area contributed by atoms with Gasteiger partial charge in [-0.2, -0.15) is 10.2 Å². The fourth-order valence-electron chi connectivity index (χ4n) is 3.87. The lowest BCUT2D eigenvalue weighted by molar-refractivity contribution is 0.0605. The number of nitriles is 1. The lowest BCUT2D eigenvalue weighted by Crippen LogP contribution is -2.35. The topological polar surface area (TPSA) is 129 Å². The number of β-amino-alcohol motifs (C(OH)–C–C–N with tert-alkyl or cyclic N) is 1. The van der Waals surface area contributed by atoms with Crippen molar-refractivity contribution >= 4 is 0 Å². The molecule has 0 fully saturated rings. The number of hydrogen-bond donors (Lipinski definition) is 2. The van der Waals surface area contributed by atoms with Gasteiger partial charge in [-0.1, -0.05) is 17.3 Å². The molecule has 0 unspecified atom stereocenters. The smallest absolute Gasteiger partial charge is 0.259 e. The third-order valence-electron chi connectivity index (χ3n) is 5.53. The number of nitrogens with zero attached hydrogens (tertiary/aromatic N) is 5. The fourth-order valence-corrected chi connectivity index (χ4v) is 3.87. The Morgan fingerprint density at radius 3 is 2.70 bits per heavy atom. The van der Waals surface area contributed by atoms with Crippen LogP contribution >= 0.6 is 0 Å². The van der Waals surface area contributed by atoms with Crippen LogP contribution < -0.4 is 4.74 Å². The summed E-state index contributed by atoms with van der Waals surface area (Å²) in [5.74, 6) is 1.03. The van der Waals surface area contributed by atoms with Crippen molar-refractivity contribution in [2.45, 2.75) is 38.9 Å². The van der Waals surface area contributed by atoms with Gasteiger partial charge < -0.3 is 24.4 Å². The zero-order valence-electron chi connectivity index (χ0n) is 18.7. The van der Waals surface area contributed by atoms with E-state index < -0.39 is 6.10 Å². The maximum absolute atomic E-state index is 9.75. The summed E-state index contributed by atoms with van der Waals surface area (Å²) in [5, 5.41) is 32.4. The van der Waals surface area contributed by atoms with Crippen LogP contribution in [0, 0.1) is 11.3 Å². The normalized spacial score (nSPS) is 15.0. The minimum absolute atomic E-state index is 0.0921. The monoisotopic (exact) mass is 449 g/mol. The second kappa shape index (κ2) is 10.1. The summed E-state index contributed by atoms with van der Waals surface area (Å²) < 4.78 is 11.0. The molecule has 1 aromatic carbocycles. The van der Waals surface area contributed by atoms with E-state index in [1.807, 2.05) is 19.9 Å². The van der Waals surface area contributed by atoms with Crippen molar-refractivity contribution < 1.29 is 19.5 Å². The first-order valence-corrected chi connectivity index (χ1v) is 11.0. The van der Waals surface area contributed by atoms with Gasteiger partial charge in [-0.3, -0.25) is 0 Å². The Labute approximate surface area is 192 Å². The number of aliphatic hydroxyl groups excluding tert-OH is 2. The number of hydrogen-bond acceptors (Lipinski definition) is 9. The summed E-state index contributed by atoms with van der Waals surface area (Å²) in [7, 11) is 0. The van der Waals surface area contributed by atoms with Crippen molar-refractivity contribution in [1.29, 1.82) is 5.26 Å². The van der Waals surface area contributed by atoms with E-state index in [4.69, 9.17) is 14.4 Å². The first kappa shape index (κ1) is 22.9. The van der Waals surface area contributed by atoms with Gasteiger partial charge in [0.25, 0.3) is 5.89 Å². The maximum atomic E-state index is 9.75. The highest BCUT2D eigenvalue weighted by Gasteiger charge is 2.19. The molecule has 0 saturated carbocycles. The summed E-state index contributed by atoms with van der Waals surface area (Å²) >= 11 is 0. The molecule has 9 heteroatoms. The van der Waals surface area contributed by atoms with Crippen LogP contribution in [-0.2, 0) is 12.8 Å². The maximum Gasteiger partial charge on any atom is 0.259 e. The average Bonchev–Trinajstić information content (AvgIpc) is 3.22. The molecular weight excluding hydrogens is 422 g/mol. The molecular formula is C24H27N5O4. The third-order valence-corrected chi connectivity index (χ3v) is 5.53. The SMILES string of the molecule is CC(C)Oc1ncc(-c2nc(-c3ccc4c(c3)CCN(C[C@@H](O)CO)CC4)no2)cc1C#N. The van der Waals surface area contributed by atoms with Crippen molar-refractivity contribution in [3.05, 3.63) is 47.2 Å². The van der Waals surface area contributed by atoms with Gasteiger partial charge in [0.05, 0.1) is 24.4 Å². The highest BCUT2D eigenvalue weighted by Crippen LogP contribution is 2.27. The third kappa shape index (κ3) is 5.37. The molecule has 1 aliphatic heterocycles. The molecule has 1 atom stereocenters. The van der Waals surface area contributed by atoms with Gasteiger partial charge in [-0.25, -0.2) is 4.98 Å². The Bertz CT molecular complexity index is 1150. The minimum atomic E-state index is -0.721. The van der Waals surface area contributed by atoms with E-state index in [9.17, 15) is 10.4 Å². The average molecular weight is 450 g/mol. The van der Waals surface area contributed by atoms with E-state index in [-0.39, 0.29) is 24.5 Å². The summed E-state index contributed by atoms with van der Waals surface area (Å²) in [6.45, 7) is 5.62.